The van der Waals surface area contributed by atoms with Crippen molar-refractivity contribution in [3.8, 4) is 0 Å². The van der Waals surface area contributed by atoms with Gasteiger partial charge in [-0.1, -0.05) is 35.9 Å². The van der Waals surface area contributed by atoms with Crippen LogP contribution in [0.5, 0.6) is 0 Å². The Kier molecular flexibility index (Phi) is 5.40. The first kappa shape index (κ1) is 18.1. The molecule has 0 fully saturated rings. The van der Waals surface area contributed by atoms with E-state index in [1.807, 2.05) is 0 Å². The van der Waals surface area contributed by atoms with Gasteiger partial charge in [-0.05, 0) is 44.5 Å². The highest BCUT2D eigenvalue weighted by Gasteiger charge is 2.21. The van der Waals surface area contributed by atoms with Crippen LogP contribution in [-0.2, 0) is 11.2 Å². The lowest BCUT2D eigenvalue weighted by molar-refractivity contribution is 0.00695. The number of halogens is 2. The molecule has 0 aliphatic heterocycles. The fourth-order valence-corrected chi connectivity index (χ4v) is 2.36. The van der Waals surface area contributed by atoms with Crippen molar-refractivity contribution in [3.05, 3.63) is 70.0 Å². The summed E-state index contributed by atoms with van der Waals surface area (Å²) in [5, 5.41) is 0.128. The molecule has 0 amide bonds. The maximum absolute atomic E-state index is 13.6. The van der Waals surface area contributed by atoms with Crippen molar-refractivity contribution in [1.82, 2.24) is 0 Å². The Morgan fingerprint density at radius 2 is 1.79 bits per heavy atom. The van der Waals surface area contributed by atoms with Crippen LogP contribution < -0.4 is 0 Å². The Balaban J connectivity index is 2.18. The summed E-state index contributed by atoms with van der Waals surface area (Å²) in [4.78, 5) is 24.3. The molecule has 0 aromatic heterocycles. The normalized spacial score (nSPS) is 11.2. The van der Waals surface area contributed by atoms with Crippen molar-refractivity contribution < 1.29 is 18.7 Å². The summed E-state index contributed by atoms with van der Waals surface area (Å²) < 4.78 is 18.9. The molecule has 24 heavy (non-hydrogen) atoms. The summed E-state index contributed by atoms with van der Waals surface area (Å²) >= 11 is 6.10. The second-order valence-electron chi connectivity index (χ2n) is 6.39. The number of carbonyl (C=O) groups is 2. The minimum absolute atomic E-state index is 0.0746. The molecule has 0 aliphatic carbocycles. The largest absolute Gasteiger partial charge is 0.456 e. The zero-order valence-electron chi connectivity index (χ0n) is 13.7. The molecule has 0 heterocycles. The molecule has 0 aliphatic rings. The SMILES string of the molecule is CC(C)(C)OC(=O)c1ccc(C(=O)Cc2ccccc2F)cc1Cl. The third-order valence-electron chi connectivity index (χ3n) is 3.22. The van der Waals surface area contributed by atoms with Gasteiger partial charge in [0.1, 0.15) is 11.4 Å². The van der Waals surface area contributed by atoms with E-state index in [2.05, 4.69) is 0 Å². The molecule has 5 heteroatoms. The molecular weight excluding hydrogens is 331 g/mol. The van der Waals surface area contributed by atoms with Gasteiger partial charge in [-0.3, -0.25) is 4.79 Å². The summed E-state index contributed by atoms with van der Waals surface area (Å²) in [6.07, 6.45) is -0.0746. The first-order valence-corrected chi connectivity index (χ1v) is 7.84. The Bertz CT molecular complexity index is 778. The molecule has 0 atom stereocenters. The average Bonchev–Trinajstić information content (AvgIpc) is 2.47. The molecule has 0 saturated carbocycles. The van der Waals surface area contributed by atoms with Crippen molar-refractivity contribution >= 4 is 23.4 Å². The van der Waals surface area contributed by atoms with Gasteiger partial charge in [-0.15, -0.1) is 0 Å². The van der Waals surface area contributed by atoms with Crippen LogP contribution in [0.2, 0.25) is 5.02 Å². The van der Waals surface area contributed by atoms with Gasteiger partial charge in [0.15, 0.2) is 5.78 Å². The molecule has 2 aromatic rings. The monoisotopic (exact) mass is 348 g/mol. The molecule has 3 nitrogen and oxygen atoms in total. The second kappa shape index (κ2) is 7.14. The summed E-state index contributed by atoms with van der Waals surface area (Å²) in [6, 6.07) is 10.5. The van der Waals surface area contributed by atoms with Gasteiger partial charge >= 0.3 is 5.97 Å². The number of esters is 1. The fraction of sp³-hybridized carbons (Fsp3) is 0.263. The predicted molar refractivity (Wildman–Crippen MR) is 91.1 cm³/mol. The molecular formula is C19H18ClFO3. The van der Waals surface area contributed by atoms with E-state index in [-0.39, 0.29) is 22.8 Å². The van der Waals surface area contributed by atoms with Crippen LogP contribution in [0.25, 0.3) is 0 Å². The first-order chi connectivity index (χ1) is 11.2. The quantitative estimate of drug-likeness (QED) is 0.585. The summed E-state index contributed by atoms with van der Waals surface area (Å²) in [6.45, 7) is 5.27. The lowest BCUT2D eigenvalue weighted by atomic mass is 10.0. The third-order valence-corrected chi connectivity index (χ3v) is 3.53. The van der Waals surface area contributed by atoms with E-state index in [1.165, 1.54) is 24.3 Å². The number of Topliss-reactive ketones (excluding diaryl/α,β-unsaturated/α-hetero) is 1. The molecule has 0 radical (unpaired) electrons. The zero-order valence-corrected chi connectivity index (χ0v) is 14.5. The minimum Gasteiger partial charge on any atom is -0.456 e. The maximum Gasteiger partial charge on any atom is 0.340 e. The molecule has 2 aromatic carbocycles. The van der Waals surface area contributed by atoms with Crippen LogP contribution in [0.1, 0.15) is 47.1 Å². The lowest BCUT2D eigenvalue weighted by Crippen LogP contribution is -2.24. The summed E-state index contributed by atoms with van der Waals surface area (Å²) in [5.74, 6) is -1.26. The number of ether oxygens (including phenoxy) is 1. The predicted octanol–water partition coefficient (Wildman–Crippen LogP) is 4.86. The van der Waals surface area contributed by atoms with Crippen molar-refractivity contribution in [1.29, 1.82) is 0 Å². The fourth-order valence-electron chi connectivity index (χ4n) is 2.10. The lowest BCUT2D eigenvalue weighted by Gasteiger charge is -2.20. The number of hydrogen-bond donors (Lipinski definition) is 0. The number of carbonyl (C=O) groups excluding carboxylic acids is 2. The Morgan fingerprint density at radius 1 is 1.12 bits per heavy atom. The van der Waals surface area contributed by atoms with Crippen LogP contribution in [-0.4, -0.2) is 17.4 Å². The van der Waals surface area contributed by atoms with Crippen LogP contribution in [0.3, 0.4) is 0 Å². The maximum atomic E-state index is 13.6. The topological polar surface area (TPSA) is 43.4 Å². The van der Waals surface area contributed by atoms with Gasteiger partial charge < -0.3 is 4.74 Å². The second-order valence-corrected chi connectivity index (χ2v) is 6.80. The molecule has 2 rings (SSSR count). The molecule has 0 N–H and O–H groups in total. The van der Waals surface area contributed by atoms with Crippen LogP contribution >= 0.6 is 11.6 Å². The van der Waals surface area contributed by atoms with Crippen molar-refractivity contribution in [2.75, 3.05) is 0 Å². The van der Waals surface area contributed by atoms with Gasteiger partial charge in [-0.2, -0.15) is 0 Å². The molecule has 0 unspecified atom stereocenters. The molecule has 0 spiro atoms. The van der Waals surface area contributed by atoms with E-state index >= 15 is 0 Å². The minimum atomic E-state index is -0.639. The number of rotatable bonds is 4. The van der Waals surface area contributed by atoms with Crippen molar-refractivity contribution in [2.45, 2.75) is 32.8 Å². The molecule has 126 valence electrons. The summed E-state index contributed by atoms with van der Waals surface area (Å²) in [5.41, 5.74) is 0.180. The first-order valence-electron chi connectivity index (χ1n) is 7.47. The highest BCUT2D eigenvalue weighted by Crippen LogP contribution is 2.22. The average molecular weight is 349 g/mol. The van der Waals surface area contributed by atoms with Gasteiger partial charge in [-0.25, -0.2) is 9.18 Å². The highest BCUT2D eigenvalue weighted by atomic mass is 35.5. The van der Waals surface area contributed by atoms with Gasteiger partial charge in [0.05, 0.1) is 10.6 Å². The highest BCUT2D eigenvalue weighted by molar-refractivity contribution is 6.34. The van der Waals surface area contributed by atoms with Gasteiger partial charge in [0.2, 0.25) is 0 Å². The van der Waals surface area contributed by atoms with E-state index in [0.717, 1.165) is 0 Å². The van der Waals surface area contributed by atoms with E-state index < -0.39 is 17.4 Å². The van der Waals surface area contributed by atoms with Gasteiger partial charge in [0, 0.05) is 12.0 Å². The standard InChI is InChI=1S/C19H18ClFO3/c1-19(2,3)24-18(23)14-9-8-13(10-15(14)20)17(22)11-12-6-4-5-7-16(12)21/h4-10H,11H2,1-3H3. The summed E-state index contributed by atoms with van der Waals surface area (Å²) in [7, 11) is 0. The Labute approximate surface area is 145 Å². The van der Waals surface area contributed by atoms with Crippen LogP contribution in [0.15, 0.2) is 42.5 Å². The number of benzene rings is 2. The van der Waals surface area contributed by atoms with E-state index in [4.69, 9.17) is 16.3 Å². The van der Waals surface area contributed by atoms with E-state index in [9.17, 15) is 14.0 Å². The number of ketones is 1. The Hall–Kier alpha value is -2.20. The van der Waals surface area contributed by atoms with Crippen LogP contribution in [0.4, 0.5) is 4.39 Å². The van der Waals surface area contributed by atoms with E-state index in [0.29, 0.717) is 11.1 Å². The Morgan fingerprint density at radius 3 is 2.38 bits per heavy atom. The third kappa shape index (κ3) is 4.65. The van der Waals surface area contributed by atoms with E-state index in [1.54, 1.807) is 39.0 Å². The molecule has 0 saturated heterocycles. The van der Waals surface area contributed by atoms with Gasteiger partial charge in [0.25, 0.3) is 0 Å². The van der Waals surface area contributed by atoms with Crippen molar-refractivity contribution in [2.24, 2.45) is 0 Å². The smallest absolute Gasteiger partial charge is 0.340 e. The number of hydrogen-bond acceptors (Lipinski definition) is 3. The van der Waals surface area contributed by atoms with Crippen LogP contribution in [0, 0.1) is 5.82 Å². The zero-order chi connectivity index (χ0) is 17.9. The molecule has 0 bridgehead atoms. The van der Waals surface area contributed by atoms with Crippen molar-refractivity contribution in [3.63, 3.8) is 0 Å².